The second-order valence-electron chi connectivity index (χ2n) is 5.40. The molecule has 2 aliphatic rings. The van der Waals surface area contributed by atoms with E-state index in [-0.39, 0.29) is 6.10 Å². The van der Waals surface area contributed by atoms with Gasteiger partial charge in [-0.15, -0.1) is 0 Å². The van der Waals surface area contributed by atoms with Gasteiger partial charge in [0.25, 0.3) is 0 Å². The van der Waals surface area contributed by atoms with Crippen molar-refractivity contribution in [3.05, 3.63) is 11.7 Å². The van der Waals surface area contributed by atoms with Crippen molar-refractivity contribution >= 4 is 0 Å². The predicted octanol–water partition coefficient (Wildman–Crippen LogP) is 2.20. The van der Waals surface area contributed by atoms with Crippen LogP contribution in [0.3, 0.4) is 0 Å². The molecule has 0 aromatic carbocycles. The number of hydrogen-bond donors (Lipinski definition) is 1. The summed E-state index contributed by atoms with van der Waals surface area (Å²) in [7, 11) is 1.72. The molecule has 100 valence electrons. The zero-order valence-electron chi connectivity index (χ0n) is 10.9. The summed E-state index contributed by atoms with van der Waals surface area (Å²) >= 11 is 0. The minimum absolute atomic E-state index is 0.0222. The number of aromatic nitrogens is 2. The van der Waals surface area contributed by atoms with Gasteiger partial charge in [0.05, 0.1) is 6.54 Å². The van der Waals surface area contributed by atoms with Crippen LogP contribution in [0.15, 0.2) is 4.52 Å². The monoisotopic (exact) mass is 251 g/mol. The minimum Gasteiger partial charge on any atom is -0.373 e. The lowest BCUT2D eigenvalue weighted by Crippen LogP contribution is -2.25. The van der Waals surface area contributed by atoms with E-state index in [1.165, 1.54) is 38.5 Å². The number of hydrogen-bond acceptors (Lipinski definition) is 5. The molecule has 5 heteroatoms. The number of rotatable bonds is 6. The van der Waals surface area contributed by atoms with Crippen LogP contribution in [0.25, 0.3) is 0 Å². The molecule has 1 aromatic rings. The van der Waals surface area contributed by atoms with Gasteiger partial charge in [0.15, 0.2) is 0 Å². The average molecular weight is 251 g/mol. The summed E-state index contributed by atoms with van der Waals surface area (Å²) in [6, 6.07) is 0.627. The quantitative estimate of drug-likeness (QED) is 0.840. The topological polar surface area (TPSA) is 60.2 Å². The van der Waals surface area contributed by atoms with E-state index in [0.29, 0.717) is 30.2 Å². The average Bonchev–Trinajstić information content (AvgIpc) is 2.92. The number of methoxy groups -OCH3 is 1. The Bertz CT molecular complexity index is 383. The van der Waals surface area contributed by atoms with E-state index in [4.69, 9.17) is 9.26 Å². The van der Waals surface area contributed by atoms with Crippen molar-refractivity contribution in [1.29, 1.82) is 0 Å². The van der Waals surface area contributed by atoms with Crippen LogP contribution < -0.4 is 5.32 Å². The first kappa shape index (κ1) is 12.1. The van der Waals surface area contributed by atoms with E-state index in [0.717, 1.165) is 0 Å². The Balaban J connectivity index is 1.55. The number of nitrogens with zero attached hydrogens (tertiary/aromatic N) is 2. The fourth-order valence-electron chi connectivity index (χ4n) is 2.72. The molecule has 1 unspecified atom stereocenters. The van der Waals surface area contributed by atoms with Crippen LogP contribution in [-0.2, 0) is 11.3 Å². The van der Waals surface area contributed by atoms with E-state index in [2.05, 4.69) is 15.5 Å². The fraction of sp³-hybridized carbons (Fsp3) is 0.846. The van der Waals surface area contributed by atoms with Gasteiger partial charge in [-0.3, -0.25) is 0 Å². The van der Waals surface area contributed by atoms with Crippen molar-refractivity contribution in [3.8, 4) is 0 Å². The third-order valence-corrected chi connectivity index (χ3v) is 3.94. The van der Waals surface area contributed by atoms with Crippen LogP contribution in [0, 0.1) is 5.92 Å². The summed E-state index contributed by atoms with van der Waals surface area (Å²) in [5, 5.41) is 7.52. The Kier molecular flexibility index (Phi) is 3.61. The Hall–Kier alpha value is -0.940. The molecule has 2 fully saturated rings. The second-order valence-corrected chi connectivity index (χ2v) is 5.40. The molecule has 2 aliphatic carbocycles. The second kappa shape index (κ2) is 5.36. The third-order valence-electron chi connectivity index (χ3n) is 3.94. The van der Waals surface area contributed by atoms with Gasteiger partial charge in [0.1, 0.15) is 6.10 Å². The lowest BCUT2D eigenvalue weighted by atomic mass is 10.2. The molecule has 18 heavy (non-hydrogen) atoms. The molecule has 2 saturated carbocycles. The maximum atomic E-state index is 5.45. The van der Waals surface area contributed by atoms with Gasteiger partial charge >= 0.3 is 0 Å². The smallest absolute Gasteiger partial charge is 0.240 e. The summed E-state index contributed by atoms with van der Waals surface area (Å²) < 4.78 is 10.7. The van der Waals surface area contributed by atoms with Crippen molar-refractivity contribution in [2.45, 2.75) is 57.2 Å². The predicted molar refractivity (Wildman–Crippen MR) is 65.9 cm³/mol. The van der Waals surface area contributed by atoms with Gasteiger partial charge < -0.3 is 14.6 Å². The molecule has 0 aliphatic heterocycles. The molecule has 0 bridgehead atoms. The van der Waals surface area contributed by atoms with Crippen LogP contribution in [0.5, 0.6) is 0 Å². The SMILES string of the molecule is COC(c1noc(CNC2CCCC2)n1)C1CC1. The lowest BCUT2D eigenvalue weighted by Gasteiger charge is -2.09. The van der Waals surface area contributed by atoms with E-state index in [1.54, 1.807) is 7.11 Å². The van der Waals surface area contributed by atoms with Crippen molar-refractivity contribution < 1.29 is 9.26 Å². The molecular formula is C13H21N3O2. The van der Waals surface area contributed by atoms with Gasteiger partial charge in [-0.05, 0) is 31.6 Å². The highest BCUT2D eigenvalue weighted by Crippen LogP contribution is 2.41. The fourth-order valence-corrected chi connectivity index (χ4v) is 2.72. The maximum Gasteiger partial charge on any atom is 0.240 e. The van der Waals surface area contributed by atoms with Gasteiger partial charge in [-0.1, -0.05) is 18.0 Å². The molecule has 1 N–H and O–H groups in total. The highest BCUT2D eigenvalue weighted by atomic mass is 16.5. The van der Waals surface area contributed by atoms with Crippen molar-refractivity contribution in [2.75, 3.05) is 7.11 Å². The largest absolute Gasteiger partial charge is 0.373 e. The minimum atomic E-state index is 0.0222. The van der Waals surface area contributed by atoms with Crippen molar-refractivity contribution in [1.82, 2.24) is 15.5 Å². The van der Waals surface area contributed by atoms with Crippen LogP contribution >= 0.6 is 0 Å². The maximum absolute atomic E-state index is 5.45. The Morgan fingerprint density at radius 2 is 2.11 bits per heavy atom. The standard InChI is InChI=1S/C13H21N3O2/c1-17-12(9-6-7-9)13-15-11(18-16-13)8-14-10-4-2-3-5-10/h9-10,12,14H,2-8H2,1H3. The first-order valence-corrected chi connectivity index (χ1v) is 6.95. The van der Waals surface area contributed by atoms with E-state index < -0.39 is 0 Å². The van der Waals surface area contributed by atoms with Gasteiger partial charge in [0, 0.05) is 13.2 Å². The molecule has 0 radical (unpaired) electrons. The molecule has 0 amide bonds. The summed E-state index contributed by atoms with van der Waals surface area (Å²) in [5.74, 6) is 1.98. The molecule has 1 aromatic heterocycles. The van der Waals surface area contributed by atoms with Gasteiger partial charge in [-0.2, -0.15) is 4.98 Å². The molecule has 5 nitrogen and oxygen atoms in total. The highest BCUT2D eigenvalue weighted by molar-refractivity contribution is 4.98. The normalized spacial score (nSPS) is 22.5. The zero-order chi connectivity index (χ0) is 12.4. The van der Waals surface area contributed by atoms with E-state index >= 15 is 0 Å². The van der Waals surface area contributed by atoms with Crippen LogP contribution in [0.4, 0.5) is 0 Å². The number of ether oxygens (including phenoxy) is 1. The summed E-state index contributed by atoms with van der Waals surface area (Å²) in [6.07, 6.45) is 7.65. The Morgan fingerprint density at radius 3 is 2.78 bits per heavy atom. The molecule has 0 saturated heterocycles. The highest BCUT2D eigenvalue weighted by Gasteiger charge is 2.35. The Morgan fingerprint density at radius 1 is 1.33 bits per heavy atom. The summed E-state index contributed by atoms with van der Waals surface area (Å²) in [5.41, 5.74) is 0. The van der Waals surface area contributed by atoms with Gasteiger partial charge in [0.2, 0.25) is 11.7 Å². The zero-order valence-corrected chi connectivity index (χ0v) is 10.9. The molecule has 3 rings (SSSR count). The van der Waals surface area contributed by atoms with Crippen LogP contribution in [0.2, 0.25) is 0 Å². The summed E-state index contributed by atoms with van der Waals surface area (Å²) in [6.45, 7) is 0.679. The third kappa shape index (κ3) is 2.72. The van der Waals surface area contributed by atoms with Gasteiger partial charge in [-0.25, -0.2) is 0 Å². The summed E-state index contributed by atoms with van der Waals surface area (Å²) in [4.78, 5) is 4.44. The molecule has 1 atom stereocenters. The first-order chi connectivity index (χ1) is 8.86. The number of nitrogens with one attached hydrogen (secondary N) is 1. The first-order valence-electron chi connectivity index (χ1n) is 6.95. The van der Waals surface area contributed by atoms with Crippen LogP contribution in [-0.4, -0.2) is 23.3 Å². The Labute approximate surface area is 107 Å². The van der Waals surface area contributed by atoms with Crippen LogP contribution in [0.1, 0.15) is 56.3 Å². The molecular weight excluding hydrogens is 230 g/mol. The van der Waals surface area contributed by atoms with E-state index in [1.807, 2.05) is 0 Å². The van der Waals surface area contributed by atoms with Crippen molar-refractivity contribution in [2.24, 2.45) is 5.92 Å². The van der Waals surface area contributed by atoms with Crippen molar-refractivity contribution in [3.63, 3.8) is 0 Å². The molecule has 1 heterocycles. The van der Waals surface area contributed by atoms with E-state index in [9.17, 15) is 0 Å². The molecule has 0 spiro atoms. The lowest BCUT2D eigenvalue weighted by molar-refractivity contribution is 0.0751.